The van der Waals surface area contributed by atoms with Crippen LogP contribution in [0.5, 0.6) is 5.75 Å². The Hall–Kier alpha value is -3.60. The third-order valence-electron chi connectivity index (χ3n) is 4.61. The number of rotatable bonds is 6. The maximum absolute atomic E-state index is 12.6. The van der Waals surface area contributed by atoms with Crippen molar-refractivity contribution in [2.75, 3.05) is 17.3 Å². The Bertz CT molecular complexity index is 985. The van der Waals surface area contributed by atoms with Crippen molar-refractivity contribution in [2.45, 2.75) is 20.0 Å². The zero-order valence-corrected chi connectivity index (χ0v) is 16.8. The van der Waals surface area contributed by atoms with Gasteiger partial charge in [0.05, 0.1) is 0 Å². The maximum atomic E-state index is 12.6. The van der Waals surface area contributed by atoms with Crippen molar-refractivity contribution >= 4 is 23.2 Å². The van der Waals surface area contributed by atoms with E-state index < -0.39 is 6.10 Å². The average Bonchev–Trinajstić information content (AvgIpc) is 2.75. The molecule has 1 N–H and O–H groups in total. The van der Waals surface area contributed by atoms with Gasteiger partial charge in [0, 0.05) is 24.0 Å². The molecule has 3 aromatic carbocycles. The van der Waals surface area contributed by atoms with Crippen LogP contribution in [0.3, 0.4) is 0 Å². The van der Waals surface area contributed by atoms with Crippen LogP contribution in [0.15, 0.2) is 78.9 Å². The SMILES string of the molecule is Cc1ccccc1OC(C)C(=O)Nc1ccc(C(=O)N(C)c2ccccc2)cc1. The van der Waals surface area contributed by atoms with Gasteiger partial charge >= 0.3 is 0 Å². The van der Waals surface area contributed by atoms with E-state index in [0.717, 1.165) is 11.3 Å². The molecule has 3 aromatic rings. The van der Waals surface area contributed by atoms with Gasteiger partial charge in [0.15, 0.2) is 6.10 Å². The monoisotopic (exact) mass is 388 g/mol. The molecule has 2 amide bonds. The lowest BCUT2D eigenvalue weighted by Gasteiger charge is -2.18. The molecule has 1 unspecified atom stereocenters. The maximum Gasteiger partial charge on any atom is 0.265 e. The van der Waals surface area contributed by atoms with Crippen molar-refractivity contribution in [3.05, 3.63) is 90.0 Å². The summed E-state index contributed by atoms with van der Waals surface area (Å²) in [7, 11) is 1.73. The highest BCUT2D eigenvalue weighted by molar-refractivity contribution is 6.06. The molecule has 3 rings (SSSR count). The van der Waals surface area contributed by atoms with E-state index in [-0.39, 0.29) is 11.8 Å². The molecule has 29 heavy (non-hydrogen) atoms. The highest BCUT2D eigenvalue weighted by atomic mass is 16.5. The number of aryl methyl sites for hydroxylation is 1. The number of para-hydroxylation sites is 2. The van der Waals surface area contributed by atoms with Crippen molar-refractivity contribution in [1.82, 2.24) is 0 Å². The van der Waals surface area contributed by atoms with Gasteiger partial charge in [-0.15, -0.1) is 0 Å². The fourth-order valence-corrected chi connectivity index (χ4v) is 2.84. The minimum Gasteiger partial charge on any atom is -0.481 e. The number of amides is 2. The number of benzene rings is 3. The van der Waals surface area contributed by atoms with Crippen LogP contribution in [0.4, 0.5) is 11.4 Å². The summed E-state index contributed by atoms with van der Waals surface area (Å²) in [6.45, 7) is 3.64. The molecule has 0 heterocycles. The Morgan fingerprint density at radius 2 is 1.52 bits per heavy atom. The molecular weight excluding hydrogens is 364 g/mol. The minimum atomic E-state index is -0.651. The van der Waals surface area contributed by atoms with E-state index in [4.69, 9.17) is 4.74 Å². The molecule has 0 aliphatic rings. The molecule has 0 aromatic heterocycles. The molecule has 1 atom stereocenters. The Morgan fingerprint density at radius 3 is 2.17 bits per heavy atom. The highest BCUT2D eigenvalue weighted by Gasteiger charge is 2.17. The second kappa shape index (κ2) is 9.06. The average molecular weight is 388 g/mol. The van der Waals surface area contributed by atoms with Gasteiger partial charge in [0.25, 0.3) is 11.8 Å². The topological polar surface area (TPSA) is 58.6 Å². The molecular formula is C24H24N2O3. The van der Waals surface area contributed by atoms with Gasteiger partial charge < -0.3 is 15.0 Å². The number of carbonyl (C=O) groups is 2. The molecule has 0 bridgehead atoms. The third-order valence-corrected chi connectivity index (χ3v) is 4.61. The van der Waals surface area contributed by atoms with E-state index >= 15 is 0 Å². The number of anilines is 2. The Morgan fingerprint density at radius 1 is 0.897 bits per heavy atom. The van der Waals surface area contributed by atoms with E-state index in [1.165, 1.54) is 0 Å². The van der Waals surface area contributed by atoms with E-state index in [0.29, 0.717) is 17.0 Å². The third kappa shape index (κ3) is 5.02. The zero-order chi connectivity index (χ0) is 20.8. The first-order valence-electron chi connectivity index (χ1n) is 9.42. The normalized spacial score (nSPS) is 11.4. The lowest BCUT2D eigenvalue weighted by atomic mass is 10.1. The molecule has 0 radical (unpaired) electrons. The largest absolute Gasteiger partial charge is 0.481 e. The van der Waals surface area contributed by atoms with Crippen molar-refractivity contribution in [3.63, 3.8) is 0 Å². The van der Waals surface area contributed by atoms with Gasteiger partial charge in [-0.3, -0.25) is 9.59 Å². The van der Waals surface area contributed by atoms with Gasteiger partial charge in [-0.25, -0.2) is 0 Å². The van der Waals surface area contributed by atoms with Crippen LogP contribution in [0.25, 0.3) is 0 Å². The van der Waals surface area contributed by atoms with Crippen molar-refractivity contribution < 1.29 is 14.3 Å². The highest BCUT2D eigenvalue weighted by Crippen LogP contribution is 2.19. The molecule has 5 nitrogen and oxygen atoms in total. The van der Waals surface area contributed by atoms with Crippen LogP contribution in [-0.4, -0.2) is 25.0 Å². The second-order valence-corrected chi connectivity index (χ2v) is 6.79. The second-order valence-electron chi connectivity index (χ2n) is 6.79. The van der Waals surface area contributed by atoms with E-state index in [1.54, 1.807) is 43.1 Å². The molecule has 0 spiro atoms. The lowest BCUT2D eigenvalue weighted by Crippen LogP contribution is -2.30. The summed E-state index contributed by atoms with van der Waals surface area (Å²) in [5, 5.41) is 2.82. The molecule has 148 valence electrons. The minimum absolute atomic E-state index is 0.120. The van der Waals surface area contributed by atoms with Crippen molar-refractivity contribution in [2.24, 2.45) is 0 Å². The smallest absolute Gasteiger partial charge is 0.265 e. The molecule has 0 aliphatic heterocycles. The lowest BCUT2D eigenvalue weighted by molar-refractivity contribution is -0.122. The number of ether oxygens (including phenoxy) is 1. The Labute approximate surface area is 170 Å². The number of hydrogen-bond donors (Lipinski definition) is 1. The zero-order valence-electron chi connectivity index (χ0n) is 16.8. The molecule has 0 saturated heterocycles. The predicted molar refractivity (Wildman–Crippen MR) is 116 cm³/mol. The van der Waals surface area contributed by atoms with Crippen LogP contribution < -0.4 is 15.0 Å². The van der Waals surface area contributed by atoms with Gasteiger partial charge in [-0.1, -0.05) is 36.4 Å². The van der Waals surface area contributed by atoms with Crippen LogP contribution in [0.1, 0.15) is 22.8 Å². The van der Waals surface area contributed by atoms with Gasteiger partial charge in [-0.05, 0) is 61.9 Å². The molecule has 0 aliphatic carbocycles. The number of nitrogens with one attached hydrogen (secondary N) is 1. The number of hydrogen-bond acceptors (Lipinski definition) is 3. The fourth-order valence-electron chi connectivity index (χ4n) is 2.84. The first-order chi connectivity index (χ1) is 14.0. The van der Waals surface area contributed by atoms with Gasteiger partial charge in [-0.2, -0.15) is 0 Å². The van der Waals surface area contributed by atoms with Crippen molar-refractivity contribution in [3.8, 4) is 5.75 Å². The van der Waals surface area contributed by atoms with Crippen LogP contribution in [-0.2, 0) is 4.79 Å². The summed E-state index contributed by atoms with van der Waals surface area (Å²) in [5.74, 6) is 0.305. The summed E-state index contributed by atoms with van der Waals surface area (Å²) in [6.07, 6.45) is -0.651. The summed E-state index contributed by atoms with van der Waals surface area (Å²) in [5.41, 5.74) is 2.93. The van der Waals surface area contributed by atoms with E-state index in [2.05, 4.69) is 5.32 Å². The summed E-state index contributed by atoms with van der Waals surface area (Å²) < 4.78 is 5.75. The molecule has 5 heteroatoms. The van der Waals surface area contributed by atoms with E-state index in [1.807, 2.05) is 61.5 Å². The standard InChI is InChI=1S/C24H24N2O3/c1-17-9-7-8-12-22(17)29-18(2)23(27)25-20-15-13-19(14-16-20)24(28)26(3)21-10-5-4-6-11-21/h4-16,18H,1-3H3,(H,25,27). The quantitative estimate of drug-likeness (QED) is 0.667. The first-order valence-corrected chi connectivity index (χ1v) is 9.42. The first kappa shape index (κ1) is 20.1. The number of carbonyl (C=O) groups excluding carboxylic acids is 2. The van der Waals surface area contributed by atoms with E-state index in [9.17, 15) is 9.59 Å². The van der Waals surface area contributed by atoms with Crippen LogP contribution in [0, 0.1) is 6.92 Å². The summed E-state index contributed by atoms with van der Waals surface area (Å²) in [4.78, 5) is 26.7. The van der Waals surface area contributed by atoms with Crippen molar-refractivity contribution in [1.29, 1.82) is 0 Å². The van der Waals surface area contributed by atoms with Gasteiger partial charge in [0.1, 0.15) is 5.75 Å². The summed E-state index contributed by atoms with van der Waals surface area (Å²) >= 11 is 0. The molecule has 0 saturated carbocycles. The predicted octanol–water partition coefficient (Wildman–Crippen LogP) is 4.68. The fraction of sp³-hybridized carbons (Fsp3) is 0.167. The molecule has 0 fully saturated rings. The van der Waals surface area contributed by atoms with Gasteiger partial charge in [0.2, 0.25) is 0 Å². The van der Waals surface area contributed by atoms with Crippen LogP contribution >= 0.6 is 0 Å². The summed E-state index contributed by atoms with van der Waals surface area (Å²) in [6, 6.07) is 23.8. The Kier molecular flexibility index (Phi) is 6.29. The Balaban J connectivity index is 1.62. The van der Waals surface area contributed by atoms with Crippen LogP contribution in [0.2, 0.25) is 0 Å². The number of nitrogens with zero attached hydrogens (tertiary/aromatic N) is 1.